The van der Waals surface area contributed by atoms with Gasteiger partial charge in [0.2, 0.25) is 0 Å². The lowest BCUT2D eigenvalue weighted by molar-refractivity contribution is -0.440. The van der Waals surface area contributed by atoms with Crippen LogP contribution in [0.1, 0.15) is 24.8 Å². The largest absolute Gasteiger partial charge is 0.347 e. The number of halogens is 2. The van der Waals surface area contributed by atoms with E-state index in [1.807, 2.05) is 11.1 Å². The summed E-state index contributed by atoms with van der Waals surface area (Å²) < 4.78 is 13.3. The Morgan fingerprint density at radius 3 is 2.71 bits per heavy atom. The molecule has 2 atom stereocenters. The molecule has 1 aromatic heterocycles. The molecule has 1 N–H and O–H groups in total. The van der Waals surface area contributed by atoms with E-state index in [0.717, 1.165) is 18.4 Å². The molecule has 2 unspecified atom stereocenters. The maximum absolute atomic E-state index is 13.3. The molecule has 2 saturated heterocycles. The lowest BCUT2D eigenvalue weighted by Gasteiger charge is -2.49. The first-order chi connectivity index (χ1) is 15.0. The van der Waals surface area contributed by atoms with Crippen molar-refractivity contribution in [2.45, 2.75) is 38.0 Å². The average molecular weight is 445 g/mol. The van der Waals surface area contributed by atoms with Gasteiger partial charge in [0.25, 0.3) is 0 Å². The molecule has 4 heterocycles. The Labute approximate surface area is 184 Å². The third kappa shape index (κ3) is 3.68. The molecule has 10 heteroatoms. The van der Waals surface area contributed by atoms with Crippen LogP contribution in [0.25, 0.3) is 0 Å². The maximum atomic E-state index is 13.3. The Kier molecular flexibility index (Phi) is 5.15. The Morgan fingerprint density at radius 1 is 1.19 bits per heavy atom. The number of benzene rings is 1. The van der Waals surface area contributed by atoms with Gasteiger partial charge in [0, 0.05) is 31.5 Å². The molecule has 0 aliphatic carbocycles. The number of aromatic nitrogens is 1. The molecule has 0 saturated carbocycles. The molecule has 0 spiro atoms. The predicted octanol–water partition coefficient (Wildman–Crippen LogP) is 3.66. The smallest absolute Gasteiger partial charge is 0.305 e. The molecule has 1 aromatic carbocycles. The van der Waals surface area contributed by atoms with Gasteiger partial charge >= 0.3 is 5.70 Å². The Hall–Kier alpha value is -2.91. The van der Waals surface area contributed by atoms with E-state index in [4.69, 9.17) is 11.6 Å². The van der Waals surface area contributed by atoms with Gasteiger partial charge in [-0.1, -0.05) is 17.7 Å². The summed E-state index contributed by atoms with van der Waals surface area (Å²) in [6.07, 6.45) is 4.21. The van der Waals surface area contributed by atoms with Gasteiger partial charge in [0.05, 0.1) is 4.92 Å². The summed E-state index contributed by atoms with van der Waals surface area (Å²) in [6, 6.07) is 9.34. The molecule has 2 fully saturated rings. The van der Waals surface area contributed by atoms with Crippen molar-refractivity contribution in [2.24, 2.45) is 0 Å². The fraction of sp³-hybridized carbons (Fsp3) is 0.381. The van der Waals surface area contributed by atoms with Crippen LogP contribution in [-0.4, -0.2) is 50.0 Å². The topological polar surface area (TPSA) is 77.8 Å². The highest BCUT2D eigenvalue weighted by molar-refractivity contribution is 6.29. The van der Waals surface area contributed by atoms with Crippen LogP contribution in [0, 0.1) is 15.9 Å². The van der Waals surface area contributed by atoms with E-state index in [9.17, 15) is 14.5 Å². The van der Waals surface area contributed by atoms with Crippen LogP contribution in [0.2, 0.25) is 5.15 Å². The number of piperidine rings is 1. The Bertz CT molecular complexity index is 1020. The highest BCUT2D eigenvalue weighted by Gasteiger charge is 2.52. The van der Waals surface area contributed by atoms with Gasteiger partial charge in [-0.2, -0.15) is 5.01 Å². The van der Waals surface area contributed by atoms with Crippen molar-refractivity contribution in [3.8, 4) is 0 Å². The second-order valence-corrected chi connectivity index (χ2v) is 8.41. The minimum absolute atomic E-state index is 0.00385. The normalized spacial score (nSPS) is 23.2. The molecule has 8 nitrogen and oxygen atoms in total. The standard InChI is InChI=1S/C21H22ClFN6O2/c22-18-9-4-14(12-24-18)13-26-10-11-27-19-3-1-2-17(20(21(26)27)29(30)31)28(19)25-16-7-5-15(23)6-8-16/h4-9,12,17,19,25H,1-3,10-11,13H2. The van der Waals surface area contributed by atoms with Gasteiger partial charge < -0.3 is 15.2 Å². The summed E-state index contributed by atoms with van der Waals surface area (Å²) in [4.78, 5) is 20.3. The predicted molar refractivity (Wildman–Crippen MR) is 114 cm³/mol. The van der Waals surface area contributed by atoms with E-state index in [1.165, 1.54) is 12.1 Å². The lowest BCUT2D eigenvalue weighted by atomic mass is 9.94. The van der Waals surface area contributed by atoms with Crippen molar-refractivity contribution in [1.82, 2.24) is 19.8 Å². The van der Waals surface area contributed by atoms with Crippen LogP contribution in [0.5, 0.6) is 0 Å². The van der Waals surface area contributed by atoms with Crippen LogP contribution in [0.3, 0.4) is 0 Å². The first-order valence-corrected chi connectivity index (χ1v) is 10.7. The number of nitro groups is 1. The number of fused-ring (bicyclic) bond motifs is 4. The minimum atomic E-state index is -0.367. The van der Waals surface area contributed by atoms with Gasteiger partial charge in [-0.3, -0.25) is 10.1 Å². The van der Waals surface area contributed by atoms with Crippen molar-refractivity contribution >= 4 is 17.3 Å². The summed E-state index contributed by atoms with van der Waals surface area (Å²) in [5, 5.41) is 14.6. The first kappa shape index (κ1) is 20.0. The molecule has 0 radical (unpaired) electrons. The molecule has 162 valence electrons. The van der Waals surface area contributed by atoms with Crippen molar-refractivity contribution in [1.29, 1.82) is 0 Å². The number of nitrogens with one attached hydrogen (secondary N) is 1. The number of pyridine rings is 1. The number of nitrogens with zero attached hydrogens (tertiary/aromatic N) is 5. The van der Waals surface area contributed by atoms with E-state index in [-0.39, 0.29) is 28.6 Å². The van der Waals surface area contributed by atoms with Crippen molar-refractivity contribution < 1.29 is 9.31 Å². The van der Waals surface area contributed by atoms with Gasteiger partial charge in [0.1, 0.15) is 23.2 Å². The molecular formula is C21H22ClFN6O2. The molecule has 31 heavy (non-hydrogen) atoms. The van der Waals surface area contributed by atoms with Gasteiger partial charge in [-0.05, 0) is 55.2 Å². The molecular weight excluding hydrogens is 423 g/mol. The number of hydrazine groups is 1. The third-order valence-electron chi connectivity index (χ3n) is 6.14. The van der Waals surface area contributed by atoms with E-state index >= 15 is 0 Å². The maximum Gasteiger partial charge on any atom is 0.305 e. The third-order valence-corrected chi connectivity index (χ3v) is 6.37. The van der Waals surface area contributed by atoms with Crippen LogP contribution >= 0.6 is 11.6 Å². The monoisotopic (exact) mass is 444 g/mol. The van der Waals surface area contributed by atoms with Crippen molar-refractivity contribution in [3.63, 3.8) is 0 Å². The van der Waals surface area contributed by atoms with Gasteiger partial charge in [-0.15, -0.1) is 0 Å². The molecule has 0 amide bonds. The van der Waals surface area contributed by atoms with Crippen molar-refractivity contribution in [2.75, 3.05) is 18.5 Å². The lowest BCUT2D eigenvalue weighted by Crippen LogP contribution is -2.61. The second-order valence-electron chi connectivity index (χ2n) is 8.02. The van der Waals surface area contributed by atoms with Crippen LogP contribution in [0.4, 0.5) is 10.1 Å². The number of anilines is 1. The Balaban J connectivity index is 1.49. The summed E-state index contributed by atoms with van der Waals surface area (Å²) in [7, 11) is 0. The summed E-state index contributed by atoms with van der Waals surface area (Å²) in [5.41, 5.74) is 5.21. The van der Waals surface area contributed by atoms with E-state index in [2.05, 4.69) is 20.2 Å². The number of rotatable bonds is 5. The van der Waals surface area contributed by atoms with Crippen molar-refractivity contribution in [3.05, 3.63) is 80.8 Å². The fourth-order valence-electron chi connectivity index (χ4n) is 4.83. The van der Waals surface area contributed by atoms with Gasteiger partial charge in [0.15, 0.2) is 5.82 Å². The zero-order valence-corrected chi connectivity index (χ0v) is 17.5. The zero-order chi connectivity index (χ0) is 21.5. The number of hydrogen-bond acceptors (Lipinski definition) is 7. The molecule has 2 bridgehead atoms. The molecule has 3 aliphatic rings. The molecule has 3 aliphatic heterocycles. The minimum Gasteiger partial charge on any atom is -0.347 e. The fourth-order valence-corrected chi connectivity index (χ4v) is 4.94. The second kappa shape index (κ2) is 7.97. The van der Waals surface area contributed by atoms with Crippen LogP contribution < -0.4 is 5.43 Å². The van der Waals surface area contributed by atoms with E-state index in [0.29, 0.717) is 42.7 Å². The van der Waals surface area contributed by atoms with Gasteiger partial charge in [-0.25, -0.2) is 9.37 Å². The quantitative estimate of drug-likeness (QED) is 0.428. The first-order valence-electron chi connectivity index (χ1n) is 10.3. The van der Waals surface area contributed by atoms with E-state index in [1.54, 1.807) is 24.4 Å². The molecule has 5 rings (SSSR count). The summed E-state index contributed by atoms with van der Waals surface area (Å²) in [5.74, 6) is 0.385. The molecule has 2 aromatic rings. The van der Waals surface area contributed by atoms with Crippen LogP contribution in [-0.2, 0) is 6.54 Å². The average Bonchev–Trinajstić information content (AvgIpc) is 3.14. The SMILES string of the molecule is O=[N+]([O-])C1=C2N(Cc3ccc(Cl)nc3)CCN2C2CCCC1N2Nc1ccc(F)cc1. The van der Waals surface area contributed by atoms with E-state index < -0.39 is 0 Å². The van der Waals surface area contributed by atoms with Crippen LogP contribution in [0.15, 0.2) is 54.1 Å². The summed E-state index contributed by atoms with van der Waals surface area (Å²) >= 11 is 5.89. The highest BCUT2D eigenvalue weighted by Crippen LogP contribution is 2.41. The highest BCUT2D eigenvalue weighted by atomic mass is 35.5. The number of hydrogen-bond donors (Lipinski definition) is 1. The Morgan fingerprint density at radius 2 is 2.00 bits per heavy atom. The summed E-state index contributed by atoms with van der Waals surface area (Å²) in [6.45, 7) is 1.94. The zero-order valence-electron chi connectivity index (χ0n) is 16.7.